The van der Waals surface area contributed by atoms with E-state index >= 15 is 0 Å². The molecule has 5 heteroatoms. The van der Waals surface area contributed by atoms with Crippen molar-refractivity contribution in [1.82, 2.24) is 0 Å². The molecule has 72 valence electrons. The van der Waals surface area contributed by atoms with E-state index in [9.17, 15) is 0 Å². The molecule has 1 rings (SSSR count). The normalized spacial score (nSPS) is 9.14. The number of ether oxygens (including phenoxy) is 1. The molecule has 14 heavy (non-hydrogen) atoms. The third-order valence-electron chi connectivity index (χ3n) is 1.39. The lowest BCUT2D eigenvalue weighted by Gasteiger charge is -2.04. The molecular formula is C9H6ClNOS2. The van der Waals surface area contributed by atoms with E-state index in [1.54, 1.807) is 24.3 Å². The summed E-state index contributed by atoms with van der Waals surface area (Å²) in [4.78, 5) is 0. The summed E-state index contributed by atoms with van der Waals surface area (Å²) in [6.45, 7) is 0. The molecule has 0 bridgehead atoms. The van der Waals surface area contributed by atoms with Crippen LogP contribution < -0.4 is 0 Å². The number of nitriles is 1. The Kier molecular flexibility index (Phi) is 4.74. The Bertz CT molecular complexity index is 358. The molecule has 1 aromatic rings. The molecule has 0 aromatic heterocycles. The highest BCUT2D eigenvalue weighted by atomic mass is 35.5. The fraction of sp³-hybridized carbons (Fsp3) is 0.111. The maximum atomic E-state index is 8.26. The Morgan fingerprint density at radius 1 is 1.50 bits per heavy atom. The van der Waals surface area contributed by atoms with E-state index in [1.165, 1.54) is 0 Å². The Morgan fingerprint density at radius 2 is 2.14 bits per heavy atom. The topological polar surface area (TPSA) is 33.0 Å². The number of thioether (sulfide) groups is 1. The maximum Gasteiger partial charge on any atom is 0.192 e. The van der Waals surface area contributed by atoms with Crippen molar-refractivity contribution in [3.63, 3.8) is 0 Å². The van der Waals surface area contributed by atoms with Crippen molar-refractivity contribution in [3.8, 4) is 5.40 Å². The van der Waals surface area contributed by atoms with Gasteiger partial charge in [-0.2, -0.15) is 5.26 Å². The minimum atomic E-state index is 0.248. The van der Waals surface area contributed by atoms with Crippen LogP contribution in [0.5, 0.6) is 0 Å². The van der Waals surface area contributed by atoms with Gasteiger partial charge in [0.25, 0.3) is 0 Å². The van der Waals surface area contributed by atoms with Gasteiger partial charge in [-0.15, -0.1) is 0 Å². The van der Waals surface area contributed by atoms with Crippen LogP contribution in [-0.4, -0.2) is 11.0 Å². The van der Waals surface area contributed by atoms with Gasteiger partial charge in [0.05, 0.1) is 0 Å². The van der Waals surface area contributed by atoms with E-state index in [4.69, 9.17) is 33.8 Å². The van der Waals surface area contributed by atoms with Crippen molar-refractivity contribution in [3.05, 3.63) is 34.9 Å². The molecule has 0 heterocycles. The first-order chi connectivity index (χ1) is 6.74. The number of hydrogen-bond acceptors (Lipinski definition) is 4. The van der Waals surface area contributed by atoms with E-state index in [2.05, 4.69) is 0 Å². The summed E-state index contributed by atoms with van der Waals surface area (Å²) in [5.41, 5.74) is 0.794. The molecule has 0 unspecified atom stereocenters. The number of halogens is 1. The van der Waals surface area contributed by atoms with Gasteiger partial charge in [-0.25, -0.2) is 0 Å². The van der Waals surface area contributed by atoms with Crippen molar-refractivity contribution in [2.24, 2.45) is 0 Å². The summed E-state index contributed by atoms with van der Waals surface area (Å²) in [5.74, 6) is 0.248. The molecule has 0 aliphatic carbocycles. The molecule has 1 aromatic carbocycles. The van der Waals surface area contributed by atoms with E-state index < -0.39 is 0 Å². The quantitative estimate of drug-likeness (QED) is 0.353. The Labute approximate surface area is 96.8 Å². The predicted octanol–water partition coefficient (Wildman–Crippen LogP) is 3.20. The summed E-state index contributed by atoms with van der Waals surface area (Å²) in [5, 5.41) is 11.2. The number of thiocarbonyl (C=S) groups is 1. The second kappa shape index (κ2) is 5.86. The first kappa shape index (κ1) is 11.3. The molecule has 0 amide bonds. The largest absolute Gasteiger partial charge is 0.471 e. The average molecular weight is 244 g/mol. The molecule has 0 atom stereocenters. The number of nitrogens with zero attached hydrogens (tertiary/aromatic N) is 1. The van der Waals surface area contributed by atoms with Crippen LogP contribution in [-0.2, 0) is 4.74 Å². The maximum absolute atomic E-state index is 8.26. The highest BCUT2D eigenvalue weighted by molar-refractivity contribution is 8.03. The first-order valence-corrected chi connectivity index (χ1v) is 5.45. The Balaban J connectivity index is 2.53. The van der Waals surface area contributed by atoms with E-state index in [-0.39, 0.29) is 5.94 Å². The van der Waals surface area contributed by atoms with E-state index in [0.29, 0.717) is 10.1 Å². The number of benzene rings is 1. The van der Waals surface area contributed by atoms with Crippen LogP contribution in [0.1, 0.15) is 5.56 Å². The lowest BCUT2D eigenvalue weighted by molar-refractivity contribution is 0.394. The zero-order chi connectivity index (χ0) is 10.4. The predicted molar refractivity (Wildman–Crippen MR) is 62.3 cm³/mol. The van der Waals surface area contributed by atoms with Crippen LogP contribution in [0.3, 0.4) is 0 Å². The molecule has 0 spiro atoms. The molecular weight excluding hydrogens is 238 g/mol. The zero-order valence-electron chi connectivity index (χ0n) is 7.07. The van der Waals surface area contributed by atoms with Gasteiger partial charge < -0.3 is 4.74 Å². The molecule has 0 aliphatic rings. The SMILES string of the molecule is N#CSCOC(=S)c1ccc(Cl)cc1. The molecule has 0 fully saturated rings. The smallest absolute Gasteiger partial charge is 0.192 e. The van der Waals surface area contributed by atoms with Crippen LogP contribution in [0.2, 0.25) is 5.02 Å². The molecule has 0 saturated carbocycles. The monoisotopic (exact) mass is 243 g/mol. The van der Waals surface area contributed by atoms with E-state index in [1.807, 2.05) is 5.40 Å². The van der Waals surface area contributed by atoms with Gasteiger partial charge in [0.1, 0.15) is 11.3 Å². The fourth-order valence-corrected chi connectivity index (χ4v) is 1.40. The summed E-state index contributed by atoms with van der Waals surface area (Å²) in [6, 6.07) is 7.04. The van der Waals surface area contributed by atoms with Crippen LogP contribution in [0.25, 0.3) is 0 Å². The highest BCUT2D eigenvalue weighted by Gasteiger charge is 2.01. The highest BCUT2D eigenvalue weighted by Crippen LogP contribution is 2.11. The average Bonchev–Trinajstić information content (AvgIpc) is 2.19. The number of rotatable bonds is 3. The molecule has 0 radical (unpaired) electrons. The zero-order valence-corrected chi connectivity index (χ0v) is 9.46. The van der Waals surface area contributed by atoms with Gasteiger partial charge in [-0.3, -0.25) is 0 Å². The molecule has 0 N–H and O–H groups in total. The van der Waals surface area contributed by atoms with Crippen LogP contribution >= 0.6 is 35.6 Å². The van der Waals surface area contributed by atoms with Crippen LogP contribution in [0.4, 0.5) is 0 Å². The van der Waals surface area contributed by atoms with E-state index in [0.717, 1.165) is 17.3 Å². The molecule has 2 nitrogen and oxygen atoms in total. The Hall–Kier alpha value is -0.760. The lowest BCUT2D eigenvalue weighted by Crippen LogP contribution is -2.02. The number of hydrogen-bond donors (Lipinski definition) is 0. The Morgan fingerprint density at radius 3 is 2.71 bits per heavy atom. The standard InChI is InChI=1S/C9H6ClNOS2/c10-8-3-1-7(2-4-8)9(13)12-6-14-5-11/h1-4H,6H2. The van der Waals surface area contributed by atoms with Crippen LogP contribution in [0, 0.1) is 10.7 Å². The molecule has 0 aliphatic heterocycles. The van der Waals surface area contributed by atoms with Gasteiger partial charge in [0, 0.05) is 10.6 Å². The lowest BCUT2D eigenvalue weighted by atomic mass is 10.2. The first-order valence-electron chi connectivity index (χ1n) is 3.67. The third-order valence-corrected chi connectivity index (χ3v) is 2.36. The second-order valence-corrected chi connectivity index (χ2v) is 3.81. The summed E-state index contributed by atoms with van der Waals surface area (Å²) in [7, 11) is 0. The van der Waals surface area contributed by atoms with Crippen molar-refractivity contribution < 1.29 is 4.74 Å². The van der Waals surface area contributed by atoms with Crippen molar-refractivity contribution in [1.29, 1.82) is 5.26 Å². The van der Waals surface area contributed by atoms with Gasteiger partial charge in [0.2, 0.25) is 0 Å². The van der Waals surface area contributed by atoms with Crippen molar-refractivity contribution in [2.45, 2.75) is 0 Å². The third kappa shape index (κ3) is 3.54. The van der Waals surface area contributed by atoms with Gasteiger partial charge >= 0.3 is 0 Å². The fourth-order valence-electron chi connectivity index (χ4n) is 0.779. The van der Waals surface area contributed by atoms with Crippen molar-refractivity contribution >= 4 is 40.6 Å². The van der Waals surface area contributed by atoms with Gasteiger partial charge in [0.15, 0.2) is 5.05 Å². The minimum Gasteiger partial charge on any atom is -0.471 e. The summed E-state index contributed by atoms with van der Waals surface area (Å²) in [6.07, 6.45) is 0. The summed E-state index contributed by atoms with van der Waals surface area (Å²) >= 11 is 11.7. The minimum absolute atomic E-state index is 0.248. The van der Waals surface area contributed by atoms with Gasteiger partial charge in [-0.1, -0.05) is 11.6 Å². The second-order valence-electron chi connectivity index (χ2n) is 2.29. The summed E-state index contributed by atoms with van der Waals surface area (Å²) < 4.78 is 5.14. The number of thiocyanates is 1. The van der Waals surface area contributed by atoms with Gasteiger partial charge in [-0.05, 0) is 48.2 Å². The van der Waals surface area contributed by atoms with Crippen LogP contribution in [0.15, 0.2) is 24.3 Å². The molecule has 0 saturated heterocycles. The van der Waals surface area contributed by atoms with Crippen molar-refractivity contribution in [2.75, 3.05) is 5.94 Å².